The molecule has 2 saturated carbocycles. The highest BCUT2D eigenvalue weighted by Crippen LogP contribution is 2.62. The number of Topliss-reactive ketones (excluding diaryl/α,β-unsaturated/α-hetero) is 1. The first-order valence-corrected chi connectivity index (χ1v) is 13.2. The number of anilines is 1. The Morgan fingerprint density at radius 2 is 2.11 bits per heavy atom. The van der Waals surface area contributed by atoms with Gasteiger partial charge in [-0.1, -0.05) is 13.0 Å². The molecular formula is C27H31FN2O4S. The molecule has 1 aromatic heterocycles. The van der Waals surface area contributed by atoms with Crippen molar-refractivity contribution in [2.24, 2.45) is 23.2 Å². The summed E-state index contributed by atoms with van der Waals surface area (Å²) in [7, 11) is 0. The van der Waals surface area contributed by atoms with Gasteiger partial charge in [-0.15, -0.1) is 11.3 Å². The molecule has 186 valence electrons. The predicted molar refractivity (Wildman–Crippen MR) is 131 cm³/mol. The predicted octanol–water partition coefficient (Wildman–Crippen LogP) is 5.59. The normalized spacial score (nSPS) is 29.2. The smallest absolute Gasteiger partial charge is 0.308 e. The second kappa shape index (κ2) is 9.12. The van der Waals surface area contributed by atoms with Crippen molar-refractivity contribution in [2.75, 3.05) is 5.32 Å². The largest absolute Gasteiger partial charge is 0.424 e. The number of nitrogens with one attached hydrogen (secondary N) is 1. The van der Waals surface area contributed by atoms with Crippen LogP contribution in [0.4, 0.5) is 9.52 Å². The van der Waals surface area contributed by atoms with Crippen LogP contribution in [0.5, 0.6) is 5.75 Å². The van der Waals surface area contributed by atoms with Crippen molar-refractivity contribution in [3.05, 3.63) is 40.2 Å². The molecule has 3 aliphatic carbocycles. The Morgan fingerprint density at radius 1 is 1.31 bits per heavy atom. The van der Waals surface area contributed by atoms with Gasteiger partial charge in [0.2, 0.25) is 5.91 Å². The van der Waals surface area contributed by atoms with Crippen molar-refractivity contribution < 1.29 is 23.5 Å². The molecule has 1 aromatic carbocycles. The number of carbonyl (C=O) groups excluding carboxylic acids is 3. The van der Waals surface area contributed by atoms with Gasteiger partial charge in [0.1, 0.15) is 5.78 Å². The number of benzene rings is 1. The highest BCUT2D eigenvalue weighted by atomic mass is 32.1. The first-order valence-electron chi connectivity index (χ1n) is 12.4. The van der Waals surface area contributed by atoms with Crippen LogP contribution in [0.25, 0.3) is 0 Å². The number of nitrogens with zero attached hydrogens (tertiary/aromatic N) is 1. The van der Waals surface area contributed by atoms with Gasteiger partial charge in [-0.2, -0.15) is 0 Å². The van der Waals surface area contributed by atoms with Crippen LogP contribution < -0.4 is 10.1 Å². The number of aryl methyl sites for hydroxylation is 1. The molecule has 3 aliphatic rings. The fourth-order valence-corrected chi connectivity index (χ4v) is 7.75. The van der Waals surface area contributed by atoms with Gasteiger partial charge in [-0.3, -0.25) is 14.4 Å². The van der Waals surface area contributed by atoms with Gasteiger partial charge in [0.15, 0.2) is 16.7 Å². The van der Waals surface area contributed by atoms with Gasteiger partial charge in [-0.05, 0) is 79.9 Å². The number of ketones is 1. The number of aromatic nitrogens is 1. The first-order chi connectivity index (χ1) is 16.7. The summed E-state index contributed by atoms with van der Waals surface area (Å²) in [4.78, 5) is 42.4. The van der Waals surface area contributed by atoms with Gasteiger partial charge in [0.05, 0.1) is 0 Å². The van der Waals surface area contributed by atoms with E-state index in [0.717, 1.165) is 29.7 Å². The Bertz CT molecular complexity index is 1190. The Hall–Kier alpha value is -2.61. The molecular weight excluding hydrogens is 467 g/mol. The maximum absolute atomic E-state index is 15.2. The SMILES string of the molecule is CC(=O)Oc1ccc2c(c1F)CCC1C2CCC2(C)C(=O)C[C@@H](CCC(=O)Nc3ncc(C)s3)C12. The van der Waals surface area contributed by atoms with E-state index in [1.165, 1.54) is 18.3 Å². The maximum Gasteiger partial charge on any atom is 0.308 e. The zero-order valence-corrected chi connectivity index (χ0v) is 21.2. The Balaban J connectivity index is 1.35. The molecule has 0 saturated heterocycles. The van der Waals surface area contributed by atoms with E-state index in [2.05, 4.69) is 17.2 Å². The molecule has 0 bridgehead atoms. The minimum Gasteiger partial charge on any atom is -0.424 e. The van der Waals surface area contributed by atoms with E-state index in [9.17, 15) is 14.4 Å². The monoisotopic (exact) mass is 498 g/mol. The molecule has 6 nitrogen and oxygen atoms in total. The van der Waals surface area contributed by atoms with Crippen LogP contribution in [0.3, 0.4) is 0 Å². The molecule has 35 heavy (non-hydrogen) atoms. The summed E-state index contributed by atoms with van der Waals surface area (Å²) in [6.45, 7) is 5.32. The molecule has 5 rings (SSSR count). The lowest BCUT2D eigenvalue weighted by Crippen LogP contribution is -2.44. The molecule has 4 unspecified atom stereocenters. The van der Waals surface area contributed by atoms with Crippen LogP contribution in [0, 0.1) is 35.9 Å². The van der Waals surface area contributed by atoms with Crippen molar-refractivity contribution in [1.29, 1.82) is 0 Å². The van der Waals surface area contributed by atoms with Crippen molar-refractivity contribution in [3.63, 3.8) is 0 Å². The third kappa shape index (κ3) is 4.30. The van der Waals surface area contributed by atoms with Crippen LogP contribution in [-0.4, -0.2) is 22.6 Å². The summed E-state index contributed by atoms with van der Waals surface area (Å²) < 4.78 is 20.2. The van der Waals surface area contributed by atoms with Gasteiger partial charge in [0, 0.05) is 36.3 Å². The van der Waals surface area contributed by atoms with E-state index in [4.69, 9.17) is 4.74 Å². The lowest BCUT2D eigenvalue weighted by Gasteiger charge is -2.50. The summed E-state index contributed by atoms with van der Waals surface area (Å²) in [5, 5.41) is 3.49. The number of ether oxygens (including phenoxy) is 1. The fraction of sp³-hybridized carbons (Fsp3) is 0.556. The van der Waals surface area contributed by atoms with E-state index in [-0.39, 0.29) is 40.7 Å². The van der Waals surface area contributed by atoms with Crippen molar-refractivity contribution >= 4 is 34.1 Å². The number of carbonyl (C=O) groups is 3. The van der Waals surface area contributed by atoms with E-state index in [1.807, 2.05) is 13.0 Å². The minimum absolute atomic E-state index is 0.00861. The summed E-state index contributed by atoms with van der Waals surface area (Å²) in [6, 6.07) is 3.47. The molecule has 5 atom stereocenters. The van der Waals surface area contributed by atoms with Crippen LogP contribution >= 0.6 is 11.3 Å². The summed E-state index contributed by atoms with van der Waals surface area (Å²) in [6.07, 6.45) is 6.27. The highest BCUT2D eigenvalue weighted by Gasteiger charge is 2.58. The molecule has 1 amide bonds. The lowest BCUT2D eigenvalue weighted by atomic mass is 9.54. The average molecular weight is 499 g/mol. The van der Waals surface area contributed by atoms with E-state index in [1.54, 1.807) is 12.3 Å². The number of rotatable bonds is 5. The molecule has 2 fully saturated rings. The Labute approximate surface area is 208 Å². The first kappa shape index (κ1) is 24.1. The van der Waals surface area contributed by atoms with Crippen LogP contribution in [0.15, 0.2) is 18.3 Å². The second-order valence-corrected chi connectivity index (χ2v) is 11.8. The zero-order valence-electron chi connectivity index (χ0n) is 20.4. The third-order valence-corrected chi connectivity index (χ3v) is 9.34. The van der Waals surface area contributed by atoms with Gasteiger partial charge in [-0.25, -0.2) is 9.37 Å². The Morgan fingerprint density at radius 3 is 2.83 bits per heavy atom. The third-order valence-electron chi connectivity index (χ3n) is 8.52. The number of hydrogen-bond acceptors (Lipinski definition) is 6. The topological polar surface area (TPSA) is 85.4 Å². The standard InChI is InChI=1S/C27H31FN2O4S/c1-14-13-29-26(35-14)30-23(33)9-4-16-12-22(32)27(3)11-10-18-17-7-8-21(34-15(2)31)25(28)20(17)6-5-19(18)24(16)27/h7-8,13,16,18-19,24H,4-6,9-12H2,1-3H3,(H,29,30,33)/t16-,18?,19?,24?,27?/m1/s1. The Kier molecular flexibility index (Phi) is 6.28. The van der Waals surface area contributed by atoms with Crippen molar-refractivity contribution in [3.8, 4) is 5.75 Å². The quantitative estimate of drug-likeness (QED) is 0.429. The summed E-state index contributed by atoms with van der Waals surface area (Å²) >= 11 is 1.45. The molecule has 0 aliphatic heterocycles. The van der Waals surface area contributed by atoms with Crippen molar-refractivity contribution in [2.45, 2.75) is 71.6 Å². The number of amides is 1. The number of hydrogen-bond donors (Lipinski definition) is 1. The molecule has 1 N–H and O–H groups in total. The molecule has 8 heteroatoms. The van der Waals surface area contributed by atoms with Crippen LogP contribution in [-0.2, 0) is 20.8 Å². The fourth-order valence-electron chi connectivity index (χ4n) is 7.07. The minimum atomic E-state index is -0.535. The zero-order chi connectivity index (χ0) is 24.9. The van der Waals surface area contributed by atoms with Gasteiger partial charge >= 0.3 is 5.97 Å². The lowest BCUT2D eigenvalue weighted by molar-refractivity contribution is -0.132. The number of halogens is 1. The van der Waals surface area contributed by atoms with Crippen LogP contribution in [0.1, 0.15) is 74.3 Å². The van der Waals surface area contributed by atoms with Gasteiger partial charge < -0.3 is 10.1 Å². The maximum atomic E-state index is 15.2. The number of fused-ring (bicyclic) bond motifs is 5. The highest BCUT2D eigenvalue weighted by molar-refractivity contribution is 7.15. The number of esters is 1. The average Bonchev–Trinajstić information content (AvgIpc) is 3.33. The number of thiazole rings is 1. The summed E-state index contributed by atoms with van der Waals surface area (Å²) in [5.41, 5.74) is 1.27. The van der Waals surface area contributed by atoms with E-state index in [0.29, 0.717) is 42.2 Å². The van der Waals surface area contributed by atoms with Crippen LogP contribution in [0.2, 0.25) is 0 Å². The van der Waals surface area contributed by atoms with E-state index >= 15 is 4.39 Å². The van der Waals surface area contributed by atoms with Gasteiger partial charge in [0.25, 0.3) is 0 Å². The molecule has 1 heterocycles. The summed E-state index contributed by atoms with van der Waals surface area (Å²) in [5.74, 6) is 0.0601. The second-order valence-electron chi connectivity index (χ2n) is 10.6. The van der Waals surface area contributed by atoms with Crippen molar-refractivity contribution in [1.82, 2.24) is 4.98 Å². The molecule has 2 aromatic rings. The molecule has 0 radical (unpaired) electrons. The molecule has 0 spiro atoms. The van der Waals surface area contributed by atoms with E-state index < -0.39 is 11.8 Å².